The number of hydrogen-bond donors (Lipinski definition) is 0. The molecule has 0 aliphatic heterocycles. The lowest BCUT2D eigenvalue weighted by Crippen LogP contribution is -1.98. The fourth-order valence-corrected chi connectivity index (χ4v) is 2.56. The molecule has 0 aliphatic carbocycles. The lowest BCUT2D eigenvalue weighted by Gasteiger charge is -2.04. The second-order valence-corrected chi connectivity index (χ2v) is 5.52. The molecule has 2 aromatic rings. The number of benzene rings is 1. The zero-order valence-electron chi connectivity index (χ0n) is 9.16. The van der Waals surface area contributed by atoms with Gasteiger partial charge < -0.3 is 4.74 Å². The Hall–Kier alpha value is -0.710. The van der Waals surface area contributed by atoms with Gasteiger partial charge in [0.15, 0.2) is 0 Å². The molecule has 1 aromatic heterocycles. The van der Waals surface area contributed by atoms with E-state index >= 15 is 0 Å². The van der Waals surface area contributed by atoms with Crippen molar-refractivity contribution in [3.63, 3.8) is 0 Å². The summed E-state index contributed by atoms with van der Waals surface area (Å²) in [5.74, 6) is -0.243. The molecule has 0 amide bonds. The van der Waals surface area contributed by atoms with Gasteiger partial charge in [-0.1, -0.05) is 12.1 Å². The molecule has 0 atom stereocenters. The number of halogens is 2. The van der Waals surface area contributed by atoms with Crippen molar-refractivity contribution in [2.75, 3.05) is 6.61 Å². The summed E-state index contributed by atoms with van der Waals surface area (Å²) in [6.45, 7) is 1.21. The number of thiophene rings is 1. The summed E-state index contributed by atoms with van der Waals surface area (Å²) in [5, 5.41) is 2.06. The third-order valence-corrected chi connectivity index (χ3v) is 3.87. The van der Waals surface area contributed by atoms with Gasteiger partial charge in [0.05, 0.1) is 17.7 Å². The van der Waals surface area contributed by atoms with E-state index < -0.39 is 0 Å². The third kappa shape index (κ3) is 3.91. The van der Waals surface area contributed by atoms with Crippen LogP contribution in [0.1, 0.15) is 10.4 Å². The predicted molar refractivity (Wildman–Crippen MR) is 71.8 cm³/mol. The molecule has 0 unspecified atom stereocenters. The Kier molecular flexibility index (Phi) is 4.71. The van der Waals surface area contributed by atoms with Crippen LogP contribution in [0, 0.1) is 5.82 Å². The molecule has 0 radical (unpaired) electrons. The van der Waals surface area contributed by atoms with Gasteiger partial charge in [-0.05, 0) is 45.1 Å². The summed E-state index contributed by atoms with van der Waals surface area (Å²) < 4.78 is 19.0. The van der Waals surface area contributed by atoms with Crippen molar-refractivity contribution in [2.24, 2.45) is 0 Å². The molecule has 0 N–H and O–H groups in total. The molecular formula is C13H12BrFOS. The first kappa shape index (κ1) is 12.7. The summed E-state index contributed by atoms with van der Waals surface area (Å²) in [6.07, 6.45) is 0.931. The highest BCUT2D eigenvalue weighted by atomic mass is 79.9. The molecule has 0 saturated carbocycles. The number of rotatable bonds is 5. The van der Waals surface area contributed by atoms with E-state index in [4.69, 9.17) is 4.74 Å². The molecule has 90 valence electrons. The summed E-state index contributed by atoms with van der Waals surface area (Å²) in [6, 6.07) is 9.08. The number of ether oxygens (including phenoxy) is 1. The van der Waals surface area contributed by atoms with Crippen LogP contribution in [0.4, 0.5) is 4.39 Å². The van der Waals surface area contributed by atoms with E-state index in [-0.39, 0.29) is 5.82 Å². The first-order valence-corrected chi connectivity index (χ1v) is 6.97. The van der Waals surface area contributed by atoms with Crippen LogP contribution in [0.2, 0.25) is 0 Å². The van der Waals surface area contributed by atoms with Gasteiger partial charge in [0.25, 0.3) is 0 Å². The highest BCUT2D eigenvalue weighted by Gasteiger charge is 2.01. The third-order valence-electron chi connectivity index (χ3n) is 2.33. The molecule has 0 spiro atoms. The van der Waals surface area contributed by atoms with Crippen molar-refractivity contribution in [1.29, 1.82) is 0 Å². The fourth-order valence-electron chi connectivity index (χ4n) is 1.45. The van der Waals surface area contributed by atoms with Gasteiger partial charge in [-0.15, -0.1) is 11.3 Å². The predicted octanol–water partition coefficient (Wildman–Crippen LogP) is 4.41. The zero-order chi connectivity index (χ0) is 12.1. The minimum atomic E-state index is -0.243. The summed E-state index contributed by atoms with van der Waals surface area (Å²) in [5.41, 5.74) is 0.976. The normalized spacial score (nSPS) is 10.7. The second kappa shape index (κ2) is 6.28. The average Bonchev–Trinajstić information content (AvgIpc) is 2.82. The monoisotopic (exact) mass is 314 g/mol. The minimum absolute atomic E-state index is 0.243. The second-order valence-electron chi connectivity index (χ2n) is 3.63. The van der Waals surface area contributed by atoms with Gasteiger partial charge >= 0.3 is 0 Å². The molecule has 1 heterocycles. The Labute approximate surface area is 112 Å². The largest absolute Gasteiger partial charge is 0.376 e. The van der Waals surface area contributed by atoms with Crippen molar-refractivity contribution in [3.8, 4) is 0 Å². The van der Waals surface area contributed by atoms with E-state index in [2.05, 4.69) is 27.4 Å². The van der Waals surface area contributed by atoms with Crippen LogP contribution >= 0.6 is 27.3 Å². The molecular weight excluding hydrogens is 303 g/mol. The van der Waals surface area contributed by atoms with E-state index in [0.29, 0.717) is 17.7 Å². The standard InChI is InChI=1S/C13H12BrFOS/c14-12-8-10(3-4-13(12)15)9-16-6-5-11-2-1-7-17-11/h1-4,7-8H,5-6,9H2. The summed E-state index contributed by atoms with van der Waals surface area (Å²) in [7, 11) is 0. The molecule has 0 saturated heterocycles. The van der Waals surface area contributed by atoms with Crippen LogP contribution in [0.3, 0.4) is 0 Å². The molecule has 17 heavy (non-hydrogen) atoms. The molecule has 1 aromatic carbocycles. The van der Waals surface area contributed by atoms with Crippen molar-refractivity contribution in [3.05, 3.63) is 56.4 Å². The molecule has 1 nitrogen and oxygen atoms in total. The fraction of sp³-hybridized carbons (Fsp3) is 0.231. The smallest absolute Gasteiger partial charge is 0.137 e. The average molecular weight is 315 g/mol. The van der Waals surface area contributed by atoms with Crippen molar-refractivity contribution < 1.29 is 9.13 Å². The van der Waals surface area contributed by atoms with Crippen molar-refractivity contribution >= 4 is 27.3 Å². The molecule has 0 bridgehead atoms. The summed E-state index contributed by atoms with van der Waals surface area (Å²) in [4.78, 5) is 1.32. The lowest BCUT2D eigenvalue weighted by molar-refractivity contribution is 0.124. The van der Waals surface area contributed by atoms with Gasteiger partial charge in [0.1, 0.15) is 5.82 Å². The van der Waals surface area contributed by atoms with Crippen molar-refractivity contribution in [1.82, 2.24) is 0 Å². The van der Waals surface area contributed by atoms with Gasteiger partial charge in [-0.25, -0.2) is 4.39 Å². The van der Waals surface area contributed by atoms with E-state index in [1.165, 1.54) is 10.9 Å². The van der Waals surface area contributed by atoms with E-state index in [1.54, 1.807) is 23.5 Å². The molecule has 2 rings (SSSR count). The van der Waals surface area contributed by atoms with Crippen molar-refractivity contribution in [2.45, 2.75) is 13.0 Å². The van der Waals surface area contributed by atoms with Crippen LogP contribution in [-0.2, 0) is 17.8 Å². The van der Waals surface area contributed by atoms with Gasteiger partial charge in [0, 0.05) is 11.3 Å². The minimum Gasteiger partial charge on any atom is -0.376 e. The maximum Gasteiger partial charge on any atom is 0.137 e. The van der Waals surface area contributed by atoms with Gasteiger partial charge in [0.2, 0.25) is 0 Å². The van der Waals surface area contributed by atoms with E-state index in [1.807, 2.05) is 6.07 Å². The first-order valence-electron chi connectivity index (χ1n) is 5.30. The van der Waals surface area contributed by atoms with Crippen LogP contribution in [0.25, 0.3) is 0 Å². The Morgan fingerprint density at radius 1 is 1.29 bits per heavy atom. The maximum atomic E-state index is 13.0. The van der Waals surface area contributed by atoms with Crippen LogP contribution in [-0.4, -0.2) is 6.61 Å². The molecule has 4 heteroatoms. The van der Waals surface area contributed by atoms with Crippen LogP contribution in [0.5, 0.6) is 0 Å². The quantitative estimate of drug-likeness (QED) is 0.743. The highest BCUT2D eigenvalue weighted by Crippen LogP contribution is 2.17. The highest BCUT2D eigenvalue weighted by molar-refractivity contribution is 9.10. The van der Waals surface area contributed by atoms with Gasteiger partial charge in [-0.3, -0.25) is 0 Å². The number of hydrogen-bond acceptors (Lipinski definition) is 2. The molecule has 0 fully saturated rings. The Morgan fingerprint density at radius 3 is 2.88 bits per heavy atom. The Bertz CT molecular complexity index is 470. The van der Waals surface area contributed by atoms with Gasteiger partial charge in [-0.2, -0.15) is 0 Å². The molecule has 0 aliphatic rings. The topological polar surface area (TPSA) is 9.23 Å². The summed E-state index contributed by atoms with van der Waals surface area (Å²) >= 11 is 4.89. The Balaban J connectivity index is 1.76. The lowest BCUT2D eigenvalue weighted by atomic mass is 10.2. The van der Waals surface area contributed by atoms with E-state index in [9.17, 15) is 4.39 Å². The SMILES string of the molecule is Fc1ccc(COCCc2cccs2)cc1Br. The van der Waals surface area contributed by atoms with Crippen LogP contribution < -0.4 is 0 Å². The first-order chi connectivity index (χ1) is 8.25. The van der Waals surface area contributed by atoms with Crippen LogP contribution in [0.15, 0.2) is 40.2 Å². The zero-order valence-corrected chi connectivity index (χ0v) is 11.6. The maximum absolute atomic E-state index is 13.0. The Morgan fingerprint density at radius 2 is 2.18 bits per heavy atom. The van der Waals surface area contributed by atoms with E-state index in [0.717, 1.165) is 12.0 Å².